The molecule has 5 nitrogen and oxygen atoms in total. The van der Waals surface area contributed by atoms with E-state index in [4.69, 9.17) is 4.74 Å². The molecule has 0 spiro atoms. The molecule has 0 saturated heterocycles. The van der Waals surface area contributed by atoms with Crippen molar-refractivity contribution >= 4 is 22.7 Å². The Hall–Kier alpha value is -2.47. The van der Waals surface area contributed by atoms with E-state index in [2.05, 4.69) is 5.32 Å². The zero-order valence-electron chi connectivity index (χ0n) is 15.2. The standard InChI is InChI=1S/C20H23NO4S/c1-14-11-15(2)13-16(12-14)19(22)21-18(20(23)25-3)9-10-26(24)17-7-5-4-6-8-17/h4-8,11-13,18H,9-10H2,1-3H3,(H,21,22)/t18-,26-/m0/s1. The molecule has 0 radical (unpaired) electrons. The largest absolute Gasteiger partial charge is 0.467 e. The normalized spacial score (nSPS) is 12.9. The molecule has 2 aromatic rings. The zero-order chi connectivity index (χ0) is 19.1. The molecule has 26 heavy (non-hydrogen) atoms. The first kappa shape index (κ1) is 19.8. The minimum Gasteiger partial charge on any atom is -0.467 e. The van der Waals surface area contributed by atoms with E-state index >= 15 is 0 Å². The molecule has 0 aliphatic rings. The number of carbonyl (C=O) groups excluding carboxylic acids is 2. The van der Waals surface area contributed by atoms with E-state index in [1.54, 1.807) is 24.3 Å². The number of hydrogen-bond acceptors (Lipinski definition) is 4. The van der Waals surface area contributed by atoms with Crippen molar-refractivity contribution < 1.29 is 18.5 Å². The van der Waals surface area contributed by atoms with Gasteiger partial charge < -0.3 is 10.1 Å². The van der Waals surface area contributed by atoms with Gasteiger partial charge in [-0.15, -0.1) is 0 Å². The van der Waals surface area contributed by atoms with Gasteiger partial charge in [0.1, 0.15) is 6.04 Å². The van der Waals surface area contributed by atoms with Crippen molar-refractivity contribution in [2.24, 2.45) is 0 Å². The number of rotatable bonds is 7. The number of nitrogens with one attached hydrogen (secondary N) is 1. The molecule has 2 atom stereocenters. The number of ether oxygens (including phenoxy) is 1. The van der Waals surface area contributed by atoms with Crippen LogP contribution < -0.4 is 5.32 Å². The van der Waals surface area contributed by atoms with Crippen LogP contribution >= 0.6 is 0 Å². The fourth-order valence-corrected chi connectivity index (χ4v) is 3.80. The maximum atomic E-state index is 12.5. The summed E-state index contributed by atoms with van der Waals surface area (Å²) < 4.78 is 17.1. The molecule has 0 unspecified atom stereocenters. The Morgan fingerprint density at radius 3 is 2.27 bits per heavy atom. The first-order valence-corrected chi connectivity index (χ1v) is 9.63. The van der Waals surface area contributed by atoms with E-state index in [0.29, 0.717) is 10.5 Å². The van der Waals surface area contributed by atoms with Gasteiger partial charge in [-0.2, -0.15) is 0 Å². The number of aryl methyl sites for hydroxylation is 2. The number of methoxy groups -OCH3 is 1. The Bertz CT molecular complexity index is 784. The maximum Gasteiger partial charge on any atom is 0.328 e. The summed E-state index contributed by atoms with van der Waals surface area (Å²) in [4.78, 5) is 25.2. The summed E-state index contributed by atoms with van der Waals surface area (Å²) in [5, 5.41) is 2.70. The van der Waals surface area contributed by atoms with Crippen molar-refractivity contribution in [1.29, 1.82) is 0 Å². The van der Waals surface area contributed by atoms with Crippen LogP contribution in [0.3, 0.4) is 0 Å². The van der Waals surface area contributed by atoms with Crippen LogP contribution in [0.25, 0.3) is 0 Å². The van der Waals surface area contributed by atoms with Gasteiger partial charge in [0.2, 0.25) is 0 Å². The molecule has 0 aromatic heterocycles. The van der Waals surface area contributed by atoms with Gasteiger partial charge >= 0.3 is 5.97 Å². The highest BCUT2D eigenvalue weighted by Gasteiger charge is 2.23. The second-order valence-electron chi connectivity index (χ2n) is 6.08. The van der Waals surface area contributed by atoms with Crippen LogP contribution in [-0.2, 0) is 20.3 Å². The van der Waals surface area contributed by atoms with Gasteiger partial charge in [-0.3, -0.25) is 9.00 Å². The number of carbonyl (C=O) groups is 2. The number of benzene rings is 2. The summed E-state index contributed by atoms with van der Waals surface area (Å²) in [6, 6.07) is 13.7. The lowest BCUT2D eigenvalue weighted by molar-refractivity contribution is -0.142. The van der Waals surface area contributed by atoms with Gasteiger partial charge in [0, 0.05) is 16.2 Å². The van der Waals surface area contributed by atoms with Crippen molar-refractivity contribution in [3.8, 4) is 0 Å². The summed E-state index contributed by atoms with van der Waals surface area (Å²) in [6.07, 6.45) is 0.227. The molecule has 0 aliphatic heterocycles. The van der Waals surface area contributed by atoms with E-state index in [9.17, 15) is 13.8 Å². The molecule has 0 bridgehead atoms. The Labute approximate surface area is 156 Å². The average molecular weight is 373 g/mol. The highest BCUT2D eigenvalue weighted by atomic mass is 32.2. The van der Waals surface area contributed by atoms with E-state index < -0.39 is 22.8 Å². The first-order chi connectivity index (χ1) is 12.4. The summed E-state index contributed by atoms with van der Waals surface area (Å²) in [5.74, 6) is -0.651. The van der Waals surface area contributed by atoms with Gasteiger partial charge in [-0.25, -0.2) is 4.79 Å². The Morgan fingerprint density at radius 1 is 1.08 bits per heavy atom. The molecule has 0 saturated carbocycles. The zero-order valence-corrected chi connectivity index (χ0v) is 16.0. The molecular weight excluding hydrogens is 350 g/mol. The summed E-state index contributed by atoms with van der Waals surface area (Å²) in [7, 11) is 0.0221. The lowest BCUT2D eigenvalue weighted by Crippen LogP contribution is -2.42. The molecule has 1 amide bonds. The van der Waals surface area contributed by atoms with Crippen molar-refractivity contribution in [1.82, 2.24) is 5.32 Å². The van der Waals surface area contributed by atoms with E-state index in [-0.39, 0.29) is 18.1 Å². The summed E-state index contributed by atoms with van der Waals surface area (Å²) in [6.45, 7) is 3.81. The molecule has 2 aromatic carbocycles. The molecule has 6 heteroatoms. The number of hydrogen-bond donors (Lipinski definition) is 1. The van der Waals surface area contributed by atoms with Crippen molar-refractivity contribution in [2.45, 2.75) is 31.2 Å². The Kier molecular flexibility index (Phi) is 7.09. The van der Waals surface area contributed by atoms with E-state index in [0.717, 1.165) is 11.1 Å². The summed E-state index contributed by atoms with van der Waals surface area (Å²) >= 11 is 0. The minimum absolute atomic E-state index is 0.227. The molecule has 0 aliphatic carbocycles. The second kappa shape index (κ2) is 9.29. The van der Waals surface area contributed by atoms with Crippen LogP contribution in [0.2, 0.25) is 0 Å². The summed E-state index contributed by atoms with van der Waals surface area (Å²) in [5.41, 5.74) is 2.42. The van der Waals surface area contributed by atoms with Gasteiger partial charge in [0.25, 0.3) is 5.91 Å². The molecule has 1 N–H and O–H groups in total. The predicted molar refractivity (Wildman–Crippen MR) is 102 cm³/mol. The fourth-order valence-electron chi connectivity index (χ4n) is 2.65. The van der Waals surface area contributed by atoms with Crippen molar-refractivity contribution in [2.75, 3.05) is 12.9 Å². The number of amides is 1. The molecule has 138 valence electrons. The first-order valence-electron chi connectivity index (χ1n) is 8.31. The highest BCUT2D eigenvalue weighted by molar-refractivity contribution is 7.85. The van der Waals surface area contributed by atoms with Crippen molar-refractivity contribution in [3.63, 3.8) is 0 Å². The third kappa shape index (κ3) is 5.52. The monoisotopic (exact) mass is 373 g/mol. The van der Waals surface area contributed by atoms with Crippen LogP contribution in [0.5, 0.6) is 0 Å². The minimum atomic E-state index is -1.25. The molecular formula is C20H23NO4S. The quantitative estimate of drug-likeness (QED) is 0.758. The van der Waals surface area contributed by atoms with Gasteiger partial charge in [0.05, 0.1) is 17.9 Å². The van der Waals surface area contributed by atoms with Crippen LogP contribution in [0.4, 0.5) is 0 Å². The highest BCUT2D eigenvalue weighted by Crippen LogP contribution is 2.11. The van der Waals surface area contributed by atoms with Crippen LogP contribution in [0.15, 0.2) is 53.4 Å². The number of esters is 1. The smallest absolute Gasteiger partial charge is 0.328 e. The third-order valence-corrected chi connectivity index (χ3v) is 5.28. The van der Waals surface area contributed by atoms with Gasteiger partial charge in [-0.1, -0.05) is 35.4 Å². The molecule has 0 heterocycles. The molecule has 0 fully saturated rings. The maximum absolute atomic E-state index is 12.5. The SMILES string of the molecule is COC(=O)[C@H](CC[S@](=O)c1ccccc1)NC(=O)c1cc(C)cc(C)c1. The predicted octanol–water partition coefficient (Wildman–Crippen LogP) is 2.77. The topological polar surface area (TPSA) is 72.5 Å². The Balaban J connectivity index is 2.06. The average Bonchev–Trinajstić information content (AvgIpc) is 2.63. The Morgan fingerprint density at radius 2 is 1.69 bits per heavy atom. The lowest BCUT2D eigenvalue weighted by atomic mass is 10.1. The molecule has 2 rings (SSSR count). The van der Waals surface area contributed by atoms with Crippen LogP contribution in [0.1, 0.15) is 27.9 Å². The third-order valence-electron chi connectivity index (χ3n) is 3.87. The van der Waals surface area contributed by atoms with Crippen LogP contribution in [-0.4, -0.2) is 35.0 Å². The van der Waals surface area contributed by atoms with Gasteiger partial charge in [0.15, 0.2) is 0 Å². The van der Waals surface area contributed by atoms with E-state index in [1.165, 1.54) is 7.11 Å². The fraction of sp³-hybridized carbons (Fsp3) is 0.300. The lowest BCUT2D eigenvalue weighted by Gasteiger charge is -2.17. The van der Waals surface area contributed by atoms with Crippen LogP contribution in [0, 0.1) is 13.8 Å². The van der Waals surface area contributed by atoms with E-state index in [1.807, 2.05) is 38.1 Å². The van der Waals surface area contributed by atoms with Gasteiger partial charge in [-0.05, 0) is 44.5 Å². The van der Waals surface area contributed by atoms with Crippen molar-refractivity contribution in [3.05, 3.63) is 65.2 Å². The second-order valence-corrected chi connectivity index (χ2v) is 7.65.